The predicted molar refractivity (Wildman–Crippen MR) is 91.0 cm³/mol. The van der Waals surface area contributed by atoms with Crippen LogP contribution in [0.15, 0.2) is 29.8 Å². The van der Waals surface area contributed by atoms with E-state index < -0.39 is 0 Å². The number of hydrogen-bond donors (Lipinski definition) is 2. The van der Waals surface area contributed by atoms with Gasteiger partial charge in [-0.2, -0.15) is 10.5 Å². The monoisotopic (exact) mass is 315 g/mol. The van der Waals surface area contributed by atoms with Crippen molar-refractivity contribution in [2.45, 2.75) is 13.8 Å². The van der Waals surface area contributed by atoms with E-state index in [2.05, 4.69) is 17.1 Å². The minimum Gasteiger partial charge on any atom is -0.508 e. The number of pyridine rings is 1. The quantitative estimate of drug-likeness (QED) is 0.843. The van der Waals surface area contributed by atoms with E-state index in [1.54, 1.807) is 24.3 Å². The number of nitrogens with one attached hydrogen (secondary N) is 1. The number of rotatable bonds is 1. The Kier molecular flexibility index (Phi) is 3.56. The Hall–Kier alpha value is -3.57. The van der Waals surface area contributed by atoms with E-state index >= 15 is 0 Å². The van der Waals surface area contributed by atoms with Gasteiger partial charge < -0.3 is 5.11 Å². The van der Waals surface area contributed by atoms with Crippen LogP contribution in [0.5, 0.6) is 5.75 Å². The first kappa shape index (κ1) is 15.3. The summed E-state index contributed by atoms with van der Waals surface area (Å²) in [7, 11) is 0. The third-order valence-corrected chi connectivity index (χ3v) is 4.26. The zero-order valence-corrected chi connectivity index (χ0v) is 13.3. The number of aromatic hydroxyl groups is 1. The Labute approximate surface area is 139 Å². The van der Waals surface area contributed by atoms with E-state index in [0.717, 1.165) is 27.8 Å². The van der Waals surface area contributed by atoms with Crippen LogP contribution in [0, 0.1) is 29.6 Å². The second-order valence-corrected chi connectivity index (χ2v) is 5.66. The largest absolute Gasteiger partial charge is 0.508 e. The molecule has 116 valence electrons. The predicted octanol–water partition coefficient (Wildman–Crippen LogP) is 2.82. The van der Waals surface area contributed by atoms with Crippen molar-refractivity contribution in [1.82, 2.24) is 0 Å². The van der Waals surface area contributed by atoms with E-state index in [-0.39, 0.29) is 11.6 Å². The summed E-state index contributed by atoms with van der Waals surface area (Å²) in [6.07, 6.45) is 1.94. The van der Waals surface area contributed by atoms with Crippen molar-refractivity contribution in [3.8, 4) is 17.9 Å². The van der Waals surface area contributed by atoms with E-state index in [4.69, 9.17) is 5.73 Å². The van der Waals surface area contributed by atoms with E-state index in [0.29, 0.717) is 16.8 Å². The molecule has 24 heavy (non-hydrogen) atoms. The molecule has 1 heterocycles. The summed E-state index contributed by atoms with van der Waals surface area (Å²) in [4.78, 5) is 3.00. The minimum atomic E-state index is 0.193. The van der Waals surface area contributed by atoms with Gasteiger partial charge in [0, 0.05) is 5.56 Å². The van der Waals surface area contributed by atoms with Gasteiger partial charge in [-0.1, -0.05) is 12.1 Å². The fourth-order valence-electron chi connectivity index (χ4n) is 3.01. The zero-order valence-electron chi connectivity index (χ0n) is 13.3. The first-order valence-corrected chi connectivity index (χ1v) is 7.36. The molecular formula is C19H15N4O+. The third kappa shape index (κ3) is 2.20. The Morgan fingerprint density at radius 1 is 1.12 bits per heavy atom. The van der Waals surface area contributed by atoms with Gasteiger partial charge in [-0.3, -0.25) is 5.73 Å². The summed E-state index contributed by atoms with van der Waals surface area (Å²) in [5.41, 5.74) is 11.6. The number of nitriles is 2. The van der Waals surface area contributed by atoms with E-state index in [9.17, 15) is 15.6 Å². The number of anilines is 1. The molecule has 0 radical (unpaired) electrons. The lowest BCUT2D eigenvalue weighted by Gasteiger charge is -2.08. The fourth-order valence-corrected chi connectivity index (χ4v) is 3.01. The molecule has 2 aromatic rings. The summed E-state index contributed by atoms with van der Waals surface area (Å²) in [6, 6.07) is 11.1. The standard InChI is InChI=1S/C19H14N4O/c1-10-14(7-12-3-5-13(24)6-4-12)17-11(2)16(9-21)19(22)23-18(17)15(10)8-20/h3-7,24H,1-2H3,(H2,22,23)/p+1. The average Bonchev–Trinajstić information content (AvgIpc) is 2.81. The summed E-state index contributed by atoms with van der Waals surface area (Å²) >= 11 is 0. The number of nitrogen functional groups attached to an aromatic ring is 1. The van der Waals surface area contributed by atoms with Crippen LogP contribution in [0.4, 0.5) is 5.82 Å². The third-order valence-electron chi connectivity index (χ3n) is 4.26. The van der Waals surface area contributed by atoms with Gasteiger partial charge in [-0.15, -0.1) is 0 Å². The normalized spacial score (nSPS) is 14.4. The highest BCUT2D eigenvalue weighted by Gasteiger charge is 2.32. The highest BCUT2D eigenvalue weighted by molar-refractivity contribution is 6.07. The van der Waals surface area contributed by atoms with Crippen molar-refractivity contribution in [1.29, 1.82) is 10.5 Å². The molecule has 1 aliphatic carbocycles. The molecule has 0 unspecified atom stereocenters. The number of hydrogen-bond acceptors (Lipinski definition) is 4. The smallest absolute Gasteiger partial charge is 0.289 e. The number of phenols is 1. The highest BCUT2D eigenvalue weighted by atomic mass is 16.3. The maximum atomic E-state index is 9.52. The van der Waals surface area contributed by atoms with Gasteiger partial charge in [0.2, 0.25) is 0 Å². The van der Waals surface area contributed by atoms with Crippen molar-refractivity contribution < 1.29 is 10.1 Å². The number of phenolic OH excluding ortho intramolecular Hbond substituents is 1. The molecule has 0 saturated carbocycles. The van der Waals surface area contributed by atoms with Gasteiger partial charge in [-0.25, -0.2) is 4.98 Å². The van der Waals surface area contributed by atoms with E-state index in [1.165, 1.54) is 0 Å². The molecule has 3 rings (SSSR count). The molecule has 1 aromatic carbocycles. The summed E-state index contributed by atoms with van der Waals surface area (Å²) in [6.45, 7) is 3.71. The van der Waals surface area contributed by atoms with Crippen molar-refractivity contribution in [3.63, 3.8) is 0 Å². The molecule has 1 aliphatic rings. The maximum Gasteiger partial charge on any atom is 0.289 e. The Morgan fingerprint density at radius 2 is 1.79 bits per heavy atom. The van der Waals surface area contributed by atoms with E-state index in [1.807, 2.05) is 19.9 Å². The molecule has 0 spiro atoms. The SMILES string of the molecule is CC1=C(C#N)c2[nH+]c(N)c(C#N)c(C)c2C1=Cc1ccc(O)cc1. The lowest BCUT2D eigenvalue weighted by atomic mass is 9.95. The molecular weight excluding hydrogens is 300 g/mol. The van der Waals surface area contributed by atoms with Crippen molar-refractivity contribution in [3.05, 3.63) is 57.8 Å². The molecule has 0 aliphatic heterocycles. The number of aromatic nitrogens is 1. The average molecular weight is 315 g/mol. The summed E-state index contributed by atoms with van der Waals surface area (Å²) in [5.74, 6) is 0.457. The first-order valence-electron chi connectivity index (χ1n) is 7.36. The number of nitrogens with zero attached hydrogens (tertiary/aromatic N) is 2. The Morgan fingerprint density at radius 3 is 2.38 bits per heavy atom. The van der Waals surface area contributed by atoms with Crippen LogP contribution in [0.2, 0.25) is 0 Å². The molecule has 0 amide bonds. The second kappa shape index (κ2) is 5.57. The van der Waals surface area contributed by atoms with Gasteiger partial charge >= 0.3 is 0 Å². The van der Waals surface area contributed by atoms with Crippen LogP contribution >= 0.6 is 0 Å². The number of H-pyrrole nitrogens is 1. The topological polar surface area (TPSA) is 108 Å². The van der Waals surface area contributed by atoms with Crippen LogP contribution in [-0.2, 0) is 0 Å². The van der Waals surface area contributed by atoms with Gasteiger partial charge in [0.05, 0.1) is 0 Å². The van der Waals surface area contributed by atoms with Crippen molar-refractivity contribution in [2.24, 2.45) is 0 Å². The van der Waals surface area contributed by atoms with Gasteiger partial charge in [0.25, 0.3) is 5.82 Å². The van der Waals surface area contributed by atoms with Gasteiger partial charge in [-0.05, 0) is 54.3 Å². The van der Waals surface area contributed by atoms with Gasteiger partial charge in [0.15, 0.2) is 5.69 Å². The van der Waals surface area contributed by atoms with Crippen molar-refractivity contribution in [2.75, 3.05) is 5.73 Å². The van der Waals surface area contributed by atoms with Crippen LogP contribution < -0.4 is 10.7 Å². The van der Waals surface area contributed by atoms with Crippen LogP contribution in [-0.4, -0.2) is 5.11 Å². The number of aromatic amines is 1. The summed E-state index contributed by atoms with van der Waals surface area (Å²) < 4.78 is 0. The van der Waals surface area contributed by atoms with Crippen molar-refractivity contribution >= 4 is 23.0 Å². The van der Waals surface area contributed by atoms with Crippen LogP contribution in [0.25, 0.3) is 17.2 Å². The summed E-state index contributed by atoms with van der Waals surface area (Å²) in [5, 5.41) is 28.3. The molecule has 5 nitrogen and oxygen atoms in total. The Bertz CT molecular complexity index is 1000. The lowest BCUT2D eigenvalue weighted by molar-refractivity contribution is -0.364. The second-order valence-electron chi connectivity index (χ2n) is 5.66. The number of benzene rings is 1. The van der Waals surface area contributed by atoms with Crippen LogP contribution in [0.1, 0.15) is 34.9 Å². The molecule has 0 bridgehead atoms. The van der Waals surface area contributed by atoms with Crippen LogP contribution in [0.3, 0.4) is 0 Å². The highest BCUT2D eigenvalue weighted by Crippen LogP contribution is 2.42. The molecule has 1 aromatic heterocycles. The number of allylic oxidation sites excluding steroid dienone is 3. The molecule has 0 fully saturated rings. The molecule has 0 saturated heterocycles. The zero-order chi connectivity index (χ0) is 17.4. The maximum absolute atomic E-state index is 9.52. The molecule has 0 atom stereocenters. The first-order chi connectivity index (χ1) is 11.5. The molecule has 5 heteroatoms. The van der Waals surface area contributed by atoms with Gasteiger partial charge in [0.1, 0.15) is 29.0 Å². The number of fused-ring (bicyclic) bond motifs is 1. The lowest BCUT2D eigenvalue weighted by Crippen LogP contribution is -2.20. The molecule has 4 N–H and O–H groups in total. The number of nitrogens with two attached hydrogens (primary N) is 1. The fraction of sp³-hybridized carbons (Fsp3) is 0.105. The minimum absolute atomic E-state index is 0.193. The Balaban J connectivity index is 2.31.